The molecule has 2 rings (SSSR count). The van der Waals surface area contributed by atoms with Crippen molar-refractivity contribution in [3.63, 3.8) is 0 Å². The predicted molar refractivity (Wildman–Crippen MR) is 66.5 cm³/mol. The molecule has 0 aliphatic heterocycles. The fraction of sp³-hybridized carbons (Fsp3) is 0.111. The molecule has 62 valence electrons. The molecule has 0 saturated heterocycles. The Morgan fingerprint density at radius 1 is 1.50 bits per heavy atom. The second-order valence-electron chi connectivity index (χ2n) is 2.69. The number of hydrogen-bond acceptors (Lipinski definition) is 2. The highest BCUT2D eigenvalue weighted by atomic mass is 127. The van der Waals surface area contributed by atoms with Crippen LogP contribution in [0.15, 0.2) is 22.4 Å². The number of rotatable bonds is 0. The number of benzene rings is 1. The van der Waals surface area contributed by atoms with Gasteiger partial charge in [-0.05, 0) is 52.6 Å². The number of fused-ring (bicyclic) bond motifs is 1. The third-order valence-corrected chi connectivity index (χ3v) is 4.90. The Morgan fingerprint density at radius 3 is 3.00 bits per heavy atom. The highest BCUT2D eigenvalue weighted by molar-refractivity contribution is 14.1. The normalized spacial score (nSPS) is 10.9. The number of thiophene rings is 1. The SMILES string of the molecule is Cc1cc(S)c2ccsc2c1I. The molecule has 1 heterocycles. The first kappa shape index (κ1) is 8.84. The first-order valence-electron chi connectivity index (χ1n) is 3.55. The maximum Gasteiger partial charge on any atom is 0.0490 e. The average molecular weight is 306 g/mol. The minimum absolute atomic E-state index is 1.09. The number of hydrogen-bond donors (Lipinski definition) is 1. The lowest BCUT2D eigenvalue weighted by Gasteiger charge is -2.01. The molecule has 0 spiro atoms. The average Bonchev–Trinajstić information content (AvgIpc) is 2.48. The first-order valence-corrected chi connectivity index (χ1v) is 5.96. The monoisotopic (exact) mass is 306 g/mol. The molecule has 0 saturated carbocycles. The van der Waals surface area contributed by atoms with Gasteiger partial charge in [-0.15, -0.1) is 24.0 Å². The molecule has 1 aromatic carbocycles. The van der Waals surface area contributed by atoms with E-state index in [1.165, 1.54) is 19.2 Å². The van der Waals surface area contributed by atoms with Gasteiger partial charge < -0.3 is 0 Å². The minimum Gasteiger partial charge on any atom is -0.143 e. The van der Waals surface area contributed by atoms with E-state index in [9.17, 15) is 0 Å². The summed E-state index contributed by atoms with van der Waals surface area (Å²) >= 11 is 8.62. The molecule has 0 aliphatic carbocycles. The number of halogens is 1. The van der Waals surface area contributed by atoms with Crippen molar-refractivity contribution in [2.24, 2.45) is 0 Å². The molecule has 0 amide bonds. The summed E-state index contributed by atoms with van der Waals surface area (Å²) in [6.07, 6.45) is 0. The summed E-state index contributed by atoms with van der Waals surface area (Å²) in [7, 11) is 0. The molecular weight excluding hydrogens is 299 g/mol. The molecule has 3 heteroatoms. The van der Waals surface area contributed by atoms with Crippen LogP contribution >= 0.6 is 46.6 Å². The van der Waals surface area contributed by atoms with Crippen LogP contribution in [0.3, 0.4) is 0 Å². The third kappa shape index (κ3) is 1.28. The first-order chi connectivity index (χ1) is 5.70. The van der Waals surface area contributed by atoms with Gasteiger partial charge >= 0.3 is 0 Å². The Balaban J connectivity index is 2.97. The molecule has 0 fully saturated rings. The van der Waals surface area contributed by atoms with E-state index in [-0.39, 0.29) is 0 Å². The van der Waals surface area contributed by atoms with Crippen LogP contribution in [-0.2, 0) is 0 Å². The smallest absolute Gasteiger partial charge is 0.0490 e. The van der Waals surface area contributed by atoms with E-state index < -0.39 is 0 Å². The van der Waals surface area contributed by atoms with Crippen LogP contribution in [0, 0.1) is 10.5 Å². The number of aryl methyl sites for hydroxylation is 1. The Labute approximate surface area is 94.5 Å². The molecule has 0 nitrogen and oxygen atoms in total. The summed E-state index contributed by atoms with van der Waals surface area (Å²) in [4.78, 5) is 1.09. The fourth-order valence-corrected chi connectivity index (χ4v) is 3.40. The van der Waals surface area contributed by atoms with Crippen molar-refractivity contribution in [3.8, 4) is 0 Å². The maximum atomic E-state index is 4.44. The quantitative estimate of drug-likeness (QED) is 0.550. The molecule has 2 aromatic rings. The van der Waals surface area contributed by atoms with E-state index in [0.717, 1.165) is 4.90 Å². The van der Waals surface area contributed by atoms with Crippen LogP contribution in [0.1, 0.15) is 5.56 Å². The van der Waals surface area contributed by atoms with Gasteiger partial charge in [-0.25, -0.2) is 0 Å². The van der Waals surface area contributed by atoms with Crippen LogP contribution < -0.4 is 0 Å². The fourth-order valence-electron chi connectivity index (χ4n) is 1.21. The summed E-state index contributed by atoms with van der Waals surface area (Å²) in [5.74, 6) is 0. The van der Waals surface area contributed by atoms with Crippen molar-refractivity contribution in [3.05, 3.63) is 26.6 Å². The lowest BCUT2D eigenvalue weighted by Crippen LogP contribution is -1.80. The van der Waals surface area contributed by atoms with Crippen LogP contribution in [0.2, 0.25) is 0 Å². The standard InChI is InChI=1S/C9H7IS2/c1-5-4-7(11)6-2-3-12-9(6)8(5)10/h2-4,11H,1H3. The molecule has 0 radical (unpaired) electrons. The second kappa shape index (κ2) is 3.20. The van der Waals surface area contributed by atoms with Crippen molar-refractivity contribution in [1.29, 1.82) is 0 Å². The second-order valence-corrected chi connectivity index (χ2v) is 5.17. The van der Waals surface area contributed by atoms with Crippen molar-refractivity contribution < 1.29 is 0 Å². The zero-order chi connectivity index (χ0) is 8.72. The van der Waals surface area contributed by atoms with E-state index in [1.807, 2.05) is 0 Å². The molecule has 0 N–H and O–H groups in total. The van der Waals surface area contributed by atoms with Gasteiger partial charge in [0.1, 0.15) is 0 Å². The summed E-state index contributed by atoms with van der Waals surface area (Å²) < 4.78 is 2.72. The summed E-state index contributed by atoms with van der Waals surface area (Å²) in [5.41, 5.74) is 1.32. The van der Waals surface area contributed by atoms with Crippen LogP contribution in [-0.4, -0.2) is 0 Å². The Bertz CT molecular complexity index is 431. The van der Waals surface area contributed by atoms with Crippen molar-refractivity contribution >= 4 is 56.6 Å². The van der Waals surface area contributed by atoms with Crippen molar-refractivity contribution in [2.45, 2.75) is 11.8 Å². The predicted octanol–water partition coefficient (Wildman–Crippen LogP) is 4.10. The molecule has 12 heavy (non-hydrogen) atoms. The lowest BCUT2D eigenvalue weighted by molar-refractivity contribution is 1.41. The molecule has 1 aromatic heterocycles. The van der Waals surface area contributed by atoms with Crippen LogP contribution in [0.25, 0.3) is 10.1 Å². The van der Waals surface area contributed by atoms with Crippen LogP contribution in [0.4, 0.5) is 0 Å². The topological polar surface area (TPSA) is 0 Å². The molecule has 0 aliphatic rings. The Morgan fingerprint density at radius 2 is 2.25 bits per heavy atom. The van der Waals surface area contributed by atoms with Gasteiger partial charge in [0, 0.05) is 18.6 Å². The van der Waals surface area contributed by atoms with E-state index in [2.05, 4.69) is 59.7 Å². The van der Waals surface area contributed by atoms with Gasteiger partial charge in [-0.2, -0.15) is 0 Å². The molecule has 0 unspecified atom stereocenters. The van der Waals surface area contributed by atoms with E-state index in [1.54, 1.807) is 11.3 Å². The van der Waals surface area contributed by atoms with Gasteiger partial charge in [0.05, 0.1) is 0 Å². The van der Waals surface area contributed by atoms with Gasteiger partial charge in [0.15, 0.2) is 0 Å². The Hall–Kier alpha value is 0.260. The van der Waals surface area contributed by atoms with Crippen LogP contribution in [0.5, 0.6) is 0 Å². The highest BCUT2D eigenvalue weighted by Gasteiger charge is 2.05. The van der Waals surface area contributed by atoms with Gasteiger partial charge in [-0.3, -0.25) is 0 Å². The number of thiol groups is 1. The van der Waals surface area contributed by atoms with Gasteiger partial charge in [0.2, 0.25) is 0 Å². The maximum absolute atomic E-state index is 4.44. The summed E-state index contributed by atoms with van der Waals surface area (Å²) in [5, 5.41) is 3.39. The van der Waals surface area contributed by atoms with E-state index in [0.29, 0.717) is 0 Å². The minimum atomic E-state index is 1.09. The van der Waals surface area contributed by atoms with Gasteiger partial charge in [-0.1, -0.05) is 0 Å². The van der Waals surface area contributed by atoms with Gasteiger partial charge in [0.25, 0.3) is 0 Å². The van der Waals surface area contributed by atoms with E-state index >= 15 is 0 Å². The van der Waals surface area contributed by atoms with E-state index in [4.69, 9.17) is 0 Å². The third-order valence-electron chi connectivity index (χ3n) is 1.84. The zero-order valence-corrected chi connectivity index (χ0v) is 10.3. The zero-order valence-electron chi connectivity index (χ0n) is 6.47. The largest absolute Gasteiger partial charge is 0.143 e. The molecular formula is C9H7IS2. The van der Waals surface area contributed by atoms with Crippen molar-refractivity contribution in [2.75, 3.05) is 0 Å². The summed E-state index contributed by atoms with van der Waals surface area (Å²) in [6.45, 7) is 2.13. The molecule has 0 atom stereocenters. The lowest BCUT2D eigenvalue weighted by atomic mass is 10.2. The highest BCUT2D eigenvalue weighted by Crippen LogP contribution is 2.33. The molecule has 0 bridgehead atoms. The van der Waals surface area contributed by atoms with Crippen molar-refractivity contribution in [1.82, 2.24) is 0 Å². The Kier molecular flexibility index (Phi) is 2.35. The summed E-state index contributed by atoms with van der Waals surface area (Å²) in [6, 6.07) is 4.25.